The Morgan fingerprint density at radius 2 is 2.47 bits per heavy atom. The molecule has 1 aromatic rings. The molecule has 1 amide bonds. The van der Waals surface area contributed by atoms with E-state index in [2.05, 4.69) is 14.1 Å². The second kappa shape index (κ2) is 5.89. The van der Waals surface area contributed by atoms with Crippen molar-refractivity contribution in [3.63, 3.8) is 0 Å². The van der Waals surface area contributed by atoms with E-state index in [-0.39, 0.29) is 13.2 Å². The van der Waals surface area contributed by atoms with Gasteiger partial charge in [0.25, 0.3) is 0 Å². The number of rotatable bonds is 7. The highest BCUT2D eigenvalue weighted by Crippen LogP contribution is 2.05. The van der Waals surface area contributed by atoms with Gasteiger partial charge in [0, 0.05) is 6.54 Å². The van der Waals surface area contributed by atoms with E-state index in [0.717, 1.165) is 11.7 Å². The number of carbonyl (C=O) groups excluding carboxylic acids is 1. The molecule has 96 valence electrons. The maximum absolute atomic E-state index is 11.0. The summed E-state index contributed by atoms with van der Waals surface area (Å²) in [5.74, 6) is -0.0995. The second-order valence-corrected chi connectivity index (χ2v) is 4.64. The number of nitrogens with zero attached hydrogens (tertiary/aromatic N) is 2. The largest absolute Gasteiger partial charge is 0.473 e. The zero-order valence-corrected chi connectivity index (χ0v) is 10.5. The van der Waals surface area contributed by atoms with E-state index in [1.54, 1.807) is 13.8 Å². The molecule has 1 heterocycles. The Morgan fingerprint density at radius 3 is 3.00 bits per heavy atom. The minimum atomic E-state index is -0.858. The number of β-amino-alcohol motifs (C(OH)–C–C–N with tert-alkyl or cyclic N) is 1. The molecule has 1 atom stereocenters. The van der Waals surface area contributed by atoms with Crippen molar-refractivity contribution < 1.29 is 14.6 Å². The third kappa shape index (κ3) is 4.63. The van der Waals surface area contributed by atoms with Crippen LogP contribution in [0.5, 0.6) is 5.88 Å². The van der Waals surface area contributed by atoms with Gasteiger partial charge in [0.05, 0.1) is 17.3 Å². The third-order valence-corrected chi connectivity index (χ3v) is 2.62. The zero-order chi connectivity index (χ0) is 12.9. The van der Waals surface area contributed by atoms with Crippen LogP contribution in [0, 0.1) is 0 Å². The Kier molecular flexibility index (Phi) is 4.79. The first kappa shape index (κ1) is 13.8. The summed E-state index contributed by atoms with van der Waals surface area (Å²) in [6.45, 7) is 3.57. The van der Waals surface area contributed by atoms with Crippen molar-refractivity contribution in [2.24, 2.45) is 5.73 Å². The molecule has 1 unspecified atom stereocenters. The Labute approximate surface area is 103 Å². The lowest BCUT2D eigenvalue weighted by atomic mass is 10.1. The number of nitrogens with two attached hydrogens (primary N) is 1. The van der Waals surface area contributed by atoms with Crippen LogP contribution in [-0.4, -0.2) is 44.6 Å². The molecule has 1 rings (SSSR count). The summed E-state index contributed by atoms with van der Waals surface area (Å²) in [6, 6.07) is 0. The van der Waals surface area contributed by atoms with Crippen molar-refractivity contribution in [3.05, 3.63) is 6.20 Å². The van der Waals surface area contributed by atoms with Gasteiger partial charge in [-0.05, 0) is 13.8 Å². The Bertz CT molecular complexity index is 355. The first-order valence-corrected chi connectivity index (χ1v) is 5.78. The van der Waals surface area contributed by atoms with Crippen molar-refractivity contribution in [2.45, 2.75) is 25.5 Å². The predicted molar refractivity (Wildman–Crippen MR) is 62.7 cm³/mol. The number of aromatic nitrogens is 2. The average molecular weight is 260 g/mol. The van der Waals surface area contributed by atoms with Gasteiger partial charge in [0.1, 0.15) is 18.9 Å². The number of aliphatic hydroxyl groups excluding tert-OH is 1. The van der Waals surface area contributed by atoms with Gasteiger partial charge in [-0.15, -0.1) is 4.37 Å². The van der Waals surface area contributed by atoms with Gasteiger partial charge in [0.2, 0.25) is 11.8 Å². The molecule has 4 N–H and O–H groups in total. The van der Waals surface area contributed by atoms with Crippen LogP contribution in [0.3, 0.4) is 0 Å². The van der Waals surface area contributed by atoms with Crippen molar-refractivity contribution >= 4 is 17.6 Å². The number of ether oxygens (including phenoxy) is 1. The van der Waals surface area contributed by atoms with E-state index in [9.17, 15) is 9.90 Å². The highest BCUT2D eigenvalue weighted by molar-refractivity contribution is 6.99. The number of amides is 1. The minimum Gasteiger partial charge on any atom is -0.473 e. The Balaban J connectivity index is 2.26. The summed E-state index contributed by atoms with van der Waals surface area (Å²) >= 11 is 1.03. The summed E-state index contributed by atoms with van der Waals surface area (Å²) < 4.78 is 12.7. The molecule has 0 aromatic carbocycles. The van der Waals surface area contributed by atoms with Crippen LogP contribution in [0.4, 0.5) is 0 Å². The van der Waals surface area contributed by atoms with Gasteiger partial charge in [-0.3, -0.25) is 4.79 Å². The van der Waals surface area contributed by atoms with Crippen LogP contribution in [0.1, 0.15) is 13.8 Å². The fourth-order valence-electron chi connectivity index (χ4n) is 0.920. The van der Waals surface area contributed by atoms with Crippen LogP contribution >= 0.6 is 11.7 Å². The first-order chi connectivity index (χ1) is 7.92. The second-order valence-electron chi connectivity index (χ2n) is 4.08. The smallest absolute Gasteiger partial charge is 0.245 e. The molecule has 0 saturated heterocycles. The number of carbonyl (C=O) groups is 1. The SMILES string of the molecule is CC(C)(NCC(O)COc1cnsn1)C(N)=O. The molecule has 0 aliphatic rings. The fraction of sp³-hybridized carbons (Fsp3) is 0.667. The minimum absolute atomic E-state index is 0.0766. The molecular formula is C9H16N4O3S. The van der Waals surface area contributed by atoms with Gasteiger partial charge in [-0.25, -0.2) is 0 Å². The van der Waals surface area contributed by atoms with Gasteiger partial charge in [-0.1, -0.05) is 0 Å². The molecule has 0 aliphatic carbocycles. The highest BCUT2D eigenvalue weighted by Gasteiger charge is 2.24. The summed E-state index contributed by atoms with van der Waals surface area (Å²) in [4.78, 5) is 11.0. The molecule has 7 nitrogen and oxygen atoms in total. The Hall–Kier alpha value is -1.25. The van der Waals surface area contributed by atoms with Crippen molar-refractivity contribution in [2.75, 3.05) is 13.2 Å². The monoisotopic (exact) mass is 260 g/mol. The lowest BCUT2D eigenvalue weighted by Crippen LogP contribution is -2.53. The molecular weight excluding hydrogens is 244 g/mol. The van der Waals surface area contributed by atoms with E-state index in [4.69, 9.17) is 10.5 Å². The average Bonchev–Trinajstić information content (AvgIpc) is 2.76. The van der Waals surface area contributed by atoms with Crippen molar-refractivity contribution in [1.82, 2.24) is 14.1 Å². The lowest BCUT2D eigenvalue weighted by Gasteiger charge is -2.23. The molecule has 17 heavy (non-hydrogen) atoms. The maximum atomic E-state index is 11.0. The molecule has 1 aromatic heterocycles. The summed E-state index contributed by atoms with van der Waals surface area (Å²) in [7, 11) is 0. The van der Waals surface area contributed by atoms with Crippen LogP contribution in [0.2, 0.25) is 0 Å². The maximum Gasteiger partial charge on any atom is 0.245 e. The topological polar surface area (TPSA) is 110 Å². The third-order valence-electron chi connectivity index (χ3n) is 2.16. The molecule has 0 fully saturated rings. The molecule has 0 radical (unpaired) electrons. The first-order valence-electron chi connectivity index (χ1n) is 5.05. The van der Waals surface area contributed by atoms with E-state index in [1.807, 2.05) is 0 Å². The molecule has 0 bridgehead atoms. The van der Waals surface area contributed by atoms with Gasteiger partial charge in [0.15, 0.2) is 0 Å². The predicted octanol–water partition coefficient (Wildman–Crippen LogP) is -0.869. The van der Waals surface area contributed by atoms with Gasteiger partial charge >= 0.3 is 0 Å². The molecule has 0 aliphatic heterocycles. The standard InChI is InChI=1S/C9H16N4O3S/c1-9(2,8(10)15)11-3-6(14)5-16-7-4-12-17-13-7/h4,6,11,14H,3,5H2,1-2H3,(H2,10,15). The molecule has 8 heteroatoms. The zero-order valence-electron chi connectivity index (χ0n) is 9.71. The van der Waals surface area contributed by atoms with Crippen molar-refractivity contribution in [3.8, 4) is 5.88 Å². The fourth-order valence-corrected chi connectivity index (χ4v) is 1.29. The van der Waals surface area contributed by atoms with Gasteiger partial charge in [-0.2, -0.15) is 4.37 Å². The number of hydrogen-bond donors (Lipinski definition) is 3. The van der Waals surface area contributed by atoms with Crippen LogP contribution in [0.25, 0.3) is 0 Å². The normalized spacial score (nSPS) is 13.4. The van der Waals surface area contributed by atoms with E-state index < -0.39 is 17.6 Å². The van der Waals surface area contributed by atoms with Crippen LogP contribution in [-0.2, 0) is 4.79 Å². The summed E-state index contributed by atoms with van der Waals surface area (Å²) in [5, 5.41) is 12.5. The van der Waals surface area contributed by atoms with Crippen LogP contribution in [0.15, 0.2) is 6.20 Å². The number of primary amides is 1. The van der Waals surface area contributed by atoms with E-state index in [0.29, 0.717) is 5.88 Å². The highest BCUT2D eigenvalue weighted by atomic mass is 32.1. The summed E-state index contributed by atoms with van der Waals surface area (Å²) in [5.41, 5.74) is 4.32. The summed E-state index contributed by atoms with van der Waals surface area (Å²) in [6.07, 6.45) is 0.716. The van der Waals surface area contributed by atoms with Gasteiger partial charge < -0.3 is 20.9 Å². The van der Waals surface area contributed by atoms with E-state index in [1.165, 1.54) is 6.20 Å². The Morgan fingerprint density at radius 1 is 1.76 bits per heavy atom. The number of aliphatic hydroxyl groups is 1. The van der Waals surface area contributed by atoms with Crippen LogP contribution < -0.4 is 15.8 Å². The molecule has 0 spiro atoms. The number of nitrogens with one attached hydrogen (secondary N) is 1. The number of hydrogen-bond acceptors (Lipinski definition) is 7. The van der Waals surface area contributed by atoms with Crippen molar-refractivity contribution in [1.29, 1.82) is 0 Å². The lowest BCUT2D eigenvalue weighted by molar-refractivity contribution is -0.123. The quantitative estimate of drug-likeness (QED) is 0.588. The molecule has 0 saturated carbocycles. The van der Waals surface area contributed by atoms with E-state index >= 15 is 0 Å².